The van der Waals surface area contributed by atoms with Gasteiger partial charge in [-0.2, -0.15) is 0 Å². The van der Waals surface area contributed by atoms with Crippen molar-refractivity contribution in [2.75, 3.05) is 6.54 Å². The van der Waals surface area contributed by atoms with Gasteiger partial charge in [0.2, 0.25) is 10.0 Å². The molecule has 0 heterocycles. The van der Waals surface area contributed by atoms with Crippen LogP contribution in [0.2, 0.25) is 0 Å². The Hall–Kier alpha value is 0.0900. The summed E-state index contributed by atoms with van der Waals surface area (Å²) in [6, 6.07) is 5.10. The van der Waals surface area contributed by atoms with Crippen LogP contribution in [0.5, 0.6) is 0 Å². The maximum absolute atomic E-state index is 12.3. The number of sulfonamides is 1. The van der Waals surface area contributed by atoms with Crippen molar-refractivity contribution in [3.8, 4) is 0 Å². The molecular formula is C15H21Br2NO2S. The van der Waals surface area contributed by atoms with Crippen molar-refractivity contribution in [2.24, 2.45) is 11.8 Å². The number of nitrogens with one attached hydrogen (secondary N) is 1. The molecule has 1 fully saturated rings. The van der Waals surface area contributed by atoms with Crippen LogP contribution in [0.4, 0.5) is 0 Å². The van der Waals surface area contributed by atoms with E-state index in [0.717, 1.165) is 16.8 Å². The molecular weight excluding hydrogens is 418 g/mol. The highest BCUT2D eigenvalue weighted by Gasteiger charge is 2.21. The van der Waals surface area contributed by atoms with Gasteiger partial charge in [-0.15, -0.1) is 0 Å². The van der Waals surface area contributed by atoms with Crippen LogP contribution in [0.3, 0.4) is 0 Å². The summed E-state index contributed by atoms with van der Waals surface area (Å²) < 4.78 is 28.8. The predicted octanol–water partition coefficient (Wildman–Crippen LogP) is 4.71. The van der Waals surface area contributed by atoms with Gasteiger partial charge in [0.15, 0.2) is 0 Å². The quantitative estimate of drug-likeness (QED) is 0.723. The molecule has 1 aromatic rings. The standard InChI is InChI=1S/C15H21Br2NO2S/c1-11-3-2-4-12(9-11)7-8-18-21(19,20)15-6-5-13(16)10-14(15)17/h5-6,10-12,18H,2-4,7-9H2,1H3. The highest BCUT2D eigenvalue weighted by Crippen LogP contribution is 2.30. The van der Waals surface area contributed by atoms with Crippen LogP contribution < -0.4 is 4.72 Å². The Bertz CT molecular complexity index is 589. The van der Waals surface area contributed by atoms with Crippen molar-refractivity contribution in [3.05, 3.63) is 27.1 Å². The molecule has 2 rings (SSSR count). The highest BCUT2D eigenvalue weighted by molar-refractivity contribution is 9.11. The molecule has 0 aromatic heterocycles. The first-order valence-corrected chi connectivity index (χ1v) is 10.4. The van der Waals surface area contributed by atoms with Crippen molar-refractivity contribution in [3.63, 3.8) is 0 Å². The maximum Gasteiger partial charge on any atom is 0.241 e. The topological polar surface area (TPSA) is 46.2 Å². The first-order chi connectivity index (χ1) is 9.88. The van der Waals surface area contributed by atoms with Crippen molar-refractivity contribution < 1.29 is 8.42 Å². The van der Waals surface area contributed by atoms with Crippen LogP contribution in [0, 0.1) is 11.8 Å². The smallest absolute Gasteiger partial charge is 0.211 e. The van der Waals surface area contributed by atoms with Crippen molar-refractivity contribution in [1.29, 1.82) is 0 Å². The molecule has 0 saturated heterocycles. The minimum atomic E-state index is -3.44. The summed E-state index contributed by atoms with van der Waals surface area (Å²) in [7, 11) is -3.44. The summed E-state index contributed by atoms with van der Waals surface area (Å²) in [5.74, 6) is 1.44. The summed E-state index contributed by atoms with van der Waals surface area (Å²) >= 11 is 6.64. The lowest BCUT2D eigenvalue weighted by molar-refractivity contribution is 0.271. The summed E-state index contributed by atoms with van der Waals surface area (Å²) in [5, 5.41) is 0. The third-order valence-corrected chi connectivity index (χ3v) is 7.00. The zero-order valence-corrected chi connectivity index (χ0v) is 16.1. The van der Waals surface area contributed by atoms with Crippen LogP contribution in [0.15, 0.2) is 32.0 Å². The van der Waals surface area contributed by atoms with E-state index in [0.29, 0.717) is 21.8 Å². The molecule has 1 aliphatic carbocycles. The van der Waals surface area contributed by atoms with Gasteiger partial charge in [-0.1, -0.05) is 42.1 Å². The van der Waals surface area contributed by atoms with Gasteiger partial charge < -0.3 is 0 Å². The third-order valence-electron chi connectivity index (χ3n) is 4.07. The van der Waals surface area contributed by atoms with Gasteiger partial charge in [0.1, 0.15) is 0 Å². The molecule has 0 amide bonds. The molecule has 0 aliphatic heterocycles. The Kier molecular flexibility index (Phi) is 6.29. The van der Waals surface area contributed by atoms with Gasteiger partial charge in [0, 0.05) is 15.5 Å². The molecule has 118 valence electrons. The zero-order valence-electron chi connectivity index (χ0n) is 12.1. The fourth-order valence-corrected chi connectivity index (χ4v) is 5.78. The molecule has 1 aliphatic rings. The predicted molar refractivity (Wildman–Crippen MR) is 92.8 cm³/mol. The molecule has 0 spiro atoms. The average molecular weight is 439 g/mol. The number of rotatable bonds is 5. The second-order valence-corrected chi connectivity index (χ2v) is 9.40. The zero-order chi connectivity index (χ0) is 15.5. The van der Waals surface area contributed by atoms with Crippen LogP contribution in [-0.2, 0) is 10.0 Å². The molecule has 0 bridgehead atoms. The van der Waals surface area contributed by atoms with Gasteiger partial charge in [-0.05, 0) is 58.8 Å². The molecule has 2 unspecified atom stereocenters. The van der Waals surface area contributed by atoms with Crippen LogP contribution in [0.1, 0.15) is 39.0 Å². The van der Waals surface area contributed by atoms with Crippen LogP contribution >= 0.6 is 31.9 Å². The lowest BCUT2D eigenvalue weighted by Crippen LogP contribution is -2.27. The fourth-order valence-electron chi connectivity index (χ4n) is 2.99. The number of halogens is 2. The Labute approximate surface area is 144 Å². The summed E-state index contributed by atoms with van der Waals surface area (Å²) in [6.45, 7) is 2.80. The maximum atomic E-state index is 12.3. The molecule has 21 heavy (non-hydrogen) atoms. The van der Waals surface area contributed by atoms with Gasteiger partial charge in [-0.25, -0.2) is 13.1 Å². The van der Waals surface area contributed by atoms with E-state index in [1.165, 1.54) is 25.7 Å². The second kappa shape index (κ2) is 7.57. The largest absolute Gasteiger partial charge is 0.241 e. The Balaban J connectivity index is 1.92. The van der Waals surface area contributed by atoms with Crippen LogP contribution in [-0.4, -0.2) is 15.0 Å². The van der Waals surface area contributed by atoms with E-state index in [1.54, 1.807) is 18.2 Å². The summed E-state index contributed by atoms with van der Waals surface area (Å²) in [4.78, 5) is 0.294. The van der Waals surface area contributed by atoms with Crippen LogP contribution in [0.25, 0.3) is 0 Å². The fraction of sp³-hybridized carbons (Fsp3) is 0.600. The monoisotopic (exact) mass is 437 g/mol. The first kappa shape index (κ1) is 17.4. The van der Waals surface area contributed by atoms with E-state index in [9.17, 15) is 8.42 Å². The molecule has 1 N–H and O–H groups in total. The normalized spacial score (nSPS) is 23.2. The molecule has 1 saturated carbocycles. The minimum absolute atomic E-state index is 0.294. The summed E-state index contributed by atoms with van der Waals surface area (Å²) in [6.07, 6.45) is 5.97. The van der Waals surface area contributed by atoms with Gasteiger partial charge in [0.05, 0.1) is 4.90 Å². The number of hydrogen-bond acceptors (Lipinski definition) is 2. The Morgan fingerprint density at radius 2 is 2.05 bits per heavy atom. The number of hydrogen-bond donors (Lipinski definition) is 1. The second-order valence-electron chi connectivity index (χ2n) is 5.90. The number of benzene rings is 1. The molecule has 6 heteroatoms. The third kappa shape index (κ3) is 5.05. The lowest BCUT2D eigenvalue weighted by atomic mass is 9.81. The molecule has 0 radical (unpaired) electrons. The van der Waals surface area contributed by atoms with Gasteiger partial charge in [0.25, 0.3) is 0 Å². The molecule has 2 atom stereocenters. The lowest BCUT2D eigenvalue weighted by Gasteiger charge is -2.26. The average Bonchev–Trinajstić information content (AvgIpc) is 2.38. The molecule has 3 nitrogen and oxygen atoms in total. The van der Waals surface area contributed by atoms with E-state index in [2.05, 4.69) is 43.5 Å². The van der Waals surface area contributed by atoms with E-state index < -0.39 is 10.0 Å². The highest BCUT2D eigenvalue weighted by atomic mass is 79.9. The van der Waals surface area contributed by atoms with E-state index in [1.807, 2.05) is 0 Å². The Morgan fingerprint density at radius 1 is 1.29 bits per heavy atom. The molecule has 1 aromatic carbocycles. The van der Waals surface area contributed by atoms with Gasteiger partial charge in [-0.3, -0.25) is 0 Å². The van der Waals surface area contributed by atoms with Crippen molar-refractivity contribution in [2.45, 2.75) is 43.9 Å². The van der Waals surface area contributed by atoms with E-state index >= 15 is 0 Å². The van der Waals surface area contributed by atoms with Gasteiger partial charge >= 0.3 is 0 Å². The van der Waals surface area contributed by atoms with Crippen molar-refractivity contribution in [1.82, 2.24) is 4.72 Å². The van der Waals surface area contributed by atoms with Crippen molar-refractivity contribution >= 4 is 41.9 Å². The minimum Gasteiger partial charge on any atom is -0.211 e. The SMILES string of the molecule is CC1CCCC(CCNS(=O)(=O)c2ccc(Br)cc2Br)C1. The Morgan fingerprint density at radius 3 is 2.71 bits per heavy atom. The summed E-state index contributed by atoms with van der Waals surface area (Å²) in [5.41, 5.74) is 0. The first-order valence-electron chi connectivity index (χ1n) is 7.33. The van der Waals surface area contributed by atoms with E-state index in [-0.39, 0.29) is 0 Å². The van der Waals surface area contributed by atoms with E-state index in [4.69, 9.17) is 0 Å².